The van der Waals surface area contributed by atoms with Gasteiger partial charge in [-0.2, -0.15) is 13.2 Å². The van der Waals surface area contributed by atoms with E-state index in [2.05, 4.69) is 5.16 Å². The van der Waals surface area contributed by atoms with Crippen LogP contribution in [0.15, 0.2) is 23.4 Å². The molecule has 1 aliphatic heterocycles. The molecule has 1 amide bonds. The van der Waals surface area contributed by atoms with Gasteiger partial charge in [0.15, 0.2) is 0 Å². The maximum atomic E-state index is 13.2. The molecule has 0 bridgehead atoms. The van der Waals surface area contributed by atoms with Gasteiger partial charge < -0.3 is 10.1 Å². The zero-order valence-electron chi connectivity index (χ0n) is 10.8. The van der Waals surface area contributed by atoms with Crippen LogP contribution in [-0.2, 0) is 6.18 Å². The number of likely N-dealkylation sites (tertiary alicyclic amines) is 1. The molecule has 1 fully saturated rings. The summed E-state index contributed by atoms with van der Waals surface area (Å²) in [5.74, 6) is -2.01. The maximum Gasteiger partial charge on any atom is 0.419 e. The number of hydrogen-bond acceptors (Lipinski definition) is 3. The first-order chi connectivity index (χ1) is 9.82. The molecule has 8 heteroatoms. The molecular formula is C13H12F4N2O2. The van der Waals surface area contributed by atoms with E-state index < -0.39 is 23.5 Å². The Balaban J connectivity index is 2.21. The van der Waals surface area contributed by atoms with E-state index in [1.165, 1.54) is 4.90 Å². The minimum absolute atomic E-state index is 0.215. The Morgan fingerprint density at radius 2 is 1.86 bits per heavy atom. The van der Waals surface area contributed by atoms with Gasteiger partial charge in [-0.15, -0.1) is 0 Å². The predicted molar refractivity (Wildman–Crippen MR) is 65.8 cm³/mol. The molecule has 0 atom stereocenters. The van der Waals surface area contributed by atoms with Crippen LogP contribution in [0.4, 0.5) is 17.6 Å². The SMILES string of the molecule is O=C(c1ccc(F)c(C(F)(F)F)c1)N1CCC(=NO)CC1. The Morgan fingerprint density at radius 1 is 1.24 bits per heavy atom. The summed E-state index contributed by atoms with van der Waals surface area (Å²) in [7, 11) is 0. The number of carbonyl (C=O) groups excluding carboxylic acids is 1. The first-order valence-corrected chi connectivity index (χ1v) is 6.18. The van der Waals surface area contributed by atoms with Crippen LogP contribution in [0.3, 0.4) is 0 Å². The fraction of sp³-hybridized carbons (Fsp3) is 0.385. The Labute approximate surface area is 117 Å². The number of hydrogen-bond donors (Lipinski definition) is 1. The van der Waals surface area contributed by atoms with Crippen molar-refractivity contribution in [2.24, 2.45) is 5.16 Å². The van der Waals surface area contributed by atoms with Crippen LogP contribution in [0.1, 0.15) is 28.8 Å². The molecule has 1 aromatic rings. The molecule has 114 valence electrons. The van der Waals surface area contributed by atoms with Gasteiger partial charge in [0.25, 0.3) is 5.91 Å². The summed E-state index contributed by atoms with van der Waals surface area (Å²) in [5.41, 5.74) is -1.13. The molecule has 1 saturated heterocycles. The van der Waals surface area contributed by atoms with Crippen LogP contribution in [-0.4, -0.2) is 34.8 Å². The molecule has 0 aliphatic carbocycles. The van der Waals surface area contributed by atoms with E-state index in [0.717, 1.165) is 6.07 Å². The van der Waals surface area contributed by atoms with Crippen LogP contribution >= 0.6 is 0 Å². The standard InChI is InChI=1S/C13H12F4N2O2/c14-11-2-1-8(7-10(11)13(15,16)17)12(20)19-5-3-9(18-21)4-6-19/h1-2,7,21H,3-6H2. The third-order valence-corrected chi connectivity index (χ3v) is 3.29. The highest BCUT2D eigenvalue weighted by molar-refractivity contribution is 5.96. The minimum atomic E-state index is -4.85. The summed E-state index contributed by atoms with van der Waals surface area (Å²) in [6.45, 7) is 0.494. The summed E-state index contributed by atoms with van der Waals surface area (Å²) >= 11 is 0. The lowest BCUT2D eigenvalue weighted by molar-refractivity contribution is -0.140. The molecule has 2 rings (SSSR count). The van der Waals surface area contributed by atoms with Gasteiger partial charge in [-0.3, -0.25) is 4.79 Å². The van der Waals surface area contributed by atoms with Crippen molar-refractivity contribution in [3.8, 4) is 0 Å². The number of carbonyl (C=O) groups is 1. The number of halogens is 4. The lowest BCUT2D eigenvalue weighted by atomic mass is 10.1. The van der Waals surface area contributed by atoms with E-state index in [-0.39, 0.29) is 18.7 Å². The van der Waals surface area contributed by atoms with Gasteiger partial charge in [0.2, 0.25) is 0 Å². The molecule has 1 heterocycles. The summed E-state index contributed by atoms with van der Waals surface area (Å²) in [6, 6.07) is 2.19. The Morgan fingerprint density at radius 3 is 2.38 bits per heavy atom. The number of amides is 1. The normalized spacial score (nSPS) is 16.0. The highest BCUT2D eigenvalue weighted by atomic mass is 19.4. The van der Waals surface area contributed by atoms with Gasteiger partial charge in [0.1, 0.15) is 5.82 Å². The van der Waals surface area contributed by atoms with Crippen LogP contribution in [0.5, 0.6) is 0 Å². The highest BCUT2D eigenvalue weighted by Gasteiger charge is 2.35. The summed E-state index contributed by atoms with van der Waals surface area (Å²) in [4.78, 5) is 13.5. The monoisotopic (exact) mass is 304 g/mol. The number of benzene rings is 1. The number of nitrogens with zero attached hydrogens (tertiary/aromatic N) is 2. The van der Waals surface area contributed by atoms with Crippen LogP contribution in [0, 0.1) is 5.82 Å². The van der Waals surface area contributed by atoms with E-state index in [1.54, 1.807) is 0 Å². The molecule has 1 aliphatic rings. The van der Waals surface area contributed by atoms with Crippen LogP contribution in [0.25, 0.3) is 0 Å². The molecule has 0 unspecified atom stereocenters. The number of rotatable bonds is 1. The summed E-state index contributed by atoms with van der Waals surface area (Å²) < 4.78 is 51.0. The van der Waals surface area contributed by atoms with Crippen molar-refractivity contribution in [3.05, 3.63) is 35.1 Å². The van der Waals surface area contributed by atoms with Gasteiger partial charge in [-0.05, 0) is 18.2 Å². The molecule has 1 N–H and O–H groups in total. The quantitative estimate of drug-likeness (QED) is 0.493. The lowest BCUT2D eigenvalue weighted by Gasteiger charge is -2.27. The molecule has 0 spiro atoms. The molecule has 1 aromatic carbocycles. The molecule has 0 radical (unpaired) electrons. The first kappa shape index (κ1) is 15.3. The topological polar surface area (TPSA) is 52.9 Å². The molecule has 21 heavy (non-hydrogen) atoms. The second-order valence-corrected chi connectivity index (χ2v) is 4.65. The van der Waals surface area contributed by atoms with Gasteiger partial charge in [-0.1, -0.05) is 5.16 Å². The first-order valence-electron chi connectivity index (χ1n) is 6.18. The van der Waals surface area contributed by atoms with E-state index in [0.29, 0.717) is 30.7 Å². The third-order valence-electron chi connectivity index (χ3n) is 3.29. The largest absolute Gasteiger partial charge is 0.419 e. The minimum Gasteiger partial charge on any atom is -0.411 e. The van der Waals surface area contributed by atoms with E-state index >= 15 is 0 Å². The third kappa shape index (κ3) is 3.32. The van der Waals surface area contributed by atoms with Crippen molar-refractivity contribution in [2.45, 2.75) is 19.0 Å². The molecule has 0 saturated carbocycles. The lowest BCUT2D eigenvalue weighted by Crippen LogP contribution is -2.38. The Kier molecular flexibility index (Phi) is 4.15. The van der Waals surface area contributed by atoms with Gasteiger partial charge in [0, 0.05) is 31.5 Å². The fourth-order valence-corrected chi connectivity index (χ4v) is 2.13. The molecule has 4 nitrogen and oxygen atoms in total. The number of alkyl halides is 3. The smallest absolute Gasteiger partial charge is 0.411 e. The predicted octanol–water partition coefficient (Wildman–Crippen LogP) is 2.91. The van der Waals surface area contributed by atoms with Crippen molar-refractivity contribution in [3.63, 3.8) is 0 Å². The summed E-state index contributed by atoms with van der Waals surface area (Å²) in [5, 5.41) is 11.7. The fourth-order valence-electron chi connectivity index (χ4n) is 2.13. The average molecular weight is 304 g/mol. The van der Waals surface area contributed by atoms with Gasteiger partial charge in [0.05, 0.1) is 11.3 Å². The maximum absolute atomic E-state index is 13.2. The molecule has 0 aromatic heterocycles. The average Bonchev–Trinajstić information content (AvgIpc) is 2.46. The Bertz CT molecular complexity index is 574. The second kappa shape index (κ2) is 5.71. The number of oxime groups is 1. The van der Waals surface area contributed by atoms with E-state index in [4.69, 9.17) is 5.21 Å². The van der Waals surface area contributed by atoms with Crippen molar-refractivity contribution in [1.82, 2.24) is 4.90 Å². The highest BCUT2D eigenvalue weighted by Crippen LogP contribution is 2.32. The van der Waals surface area contributed by atoms with Crippen molar-refractivity contribution < 1.29 is 27.6 Å². The van der Waals surface area contributed by atoms with Crippen LogP contribution < -0.4 is 0 Å². The van der Waals surface area contributed by atoms with Crippen molar-refractivity contribution >= 4 is 11.6 Å². The van der Waals surface area contributed by atoms with Crippen molar-refractivity contribution in [1.29, 1.82) is 0 Å². The van der Waals surface area contributed by atoms with Crippen molar-refractivity contribution in [2.75, 3.05) is 13.1 Å². The van der Waals surface area contributed by atoms with Gasteiger partial charge in [-0.25, -0.2) is 4.39 Å². The van der Waals surface area contributed by atoms with Gasteiger partial charge >= 0.3 is 6.18 Å². The molecular weight excluding hydrogens is 292 g/mol. The van der Waals surface area contributed by atoms with E-state index in [9.17, 15) is 22.4 Å². The zero-order chi connectivity index (χ0) is 15.6. The summed E-state index contributed by atoms with van der Waals surface area (Å²) in [6.07, 6.45) is -4.13. The Hall–Kier alpha value is -2.12. The zero-order valence-corrected chi connectivity index (χ0v) is 10.8. The van der Waals surface area contributed by atoms with Crippen LogP contribution in [0.2, 0.25) is 0 Å². The second-order valence-electron chi connectivity index (χ2n) is 4.65. The number of piperidine rings is 1. The van der Waals surface area contributed by atoms with E-state index in [1.807, 2.05) is 0 Å².